The van der Waals surface area contributed by atoms with Gasteiger partial charge in [-0.05, 0) is 26.0 Å². The average Bonchev–Trinajstić information content (AvgIpc) is 3.15. The number of rotatable bonds is 5. The Morgan fingerprint density at radius 2 is 1.94 bits per heavy atom. The number of anilines is 2. The molecule has 1 aliphatic rings. The van der Waals surface area contributed by atoms with Gasteiger partial charge in [0.25, 0.3) is 0 Å². The highest BCUT2D eigenvalue weighted by atomic mass is 16.5. The molecule has 10 heteroatoms. The van der Waals surface area contributed by atoms with Crippen LogP contribution >= 0.6 is 0 Å². The molecule has 0 spiro atoms. The number of aliphatic hydroxyl groups is 1. The molecular weight excluding hydrogens is 398 g/mol. The molecule has 10 nitrogen and oxygen atoms in total. The Hall–Kier alpha value is -3.24. The number of nitrogens with one attached hydrogen (secondary N) is 3. The van der Waals surface area contributed by atoms with E-state index in [1.54, 1.807) is 20.9 Å². The first-order valence-corrected chi connectivity index (χ1v) is 10.2. The highest BCUT2D eigenvalue weighted by Crippen LogP contribution is 2.32. The summed E-state index contributed by atoms with van der Waals surface area (Å²) in [6.07, 6.45) is 0.358. The second-order valence-corrected chi connectivity index (χ2v) is 8.14. The van der Waals surface area contributed by atoms with Crippen LogP contribution in [0.4, 0.5) is 16.4 Å². The summed E-state index contributed by atoms with van der Waals surface area (Å²) in [7, 11) is 1.57. The first kappa shape index (κ1) is 21.0. The SMILES string of the molecule is CNC(=O)Nc1ccc(-c2nc(N3CCOCC3)nc3[nH]nc(CC(C)(C)O)c23)cc1. The van der Waals surface area contributed by atoms with E-state index in [4.69, 9.17) is 14.7 Å². The maximum absolute atomic E-state index is 11.6. The van der Waals surface area contributed by atoms with Crippen LogP contribution in [0.5, 0.6) is 0 Å². The van der Waals surface area contributed by atoms with E-state index in [9.17, 15) is 9.90 Å². The second-order valence-electron chi connectivity index (χ2n) is 8.14. The molecule has 0 aliphatic carbocycles. The van der Waals surface area contributed by atoms with Gasteiger partial charge in [-0.2, -0.15) is 10.1 Å². The first-order chi connectivity index (χ1) is 14.8. The van der Waals surface area contributed by atoms with Crippen LogP contribution in [0.25, 0.3) is 22.3 Å². The smallest absolute Gasteiger partial charge is 0.318 e. The zero-order valence-electron chi connectivity index (χ0n) is 17.9. The molecule has 1 aromatic carbocycles. The van der Waals surface area contributed by atoms with Crippen molar-refractivity contribution in [1.82, 2.24) is 25.5 Å². The molecule has 0 radical (unpaired) electrons. The molecule has 3 heterocycles. The monoisotopic (exact) mass is 425 g/mol. The highest BCUT2D eigenvalue weighted by Gasteiger charge is 2.24. The van der Waals surface area contributed by atoms with E-state index in [0.717, 1.165) is 16.6 Å². The first-order valence-electron chi connectivity index (χ1n) is 10.2. The lowest BCUT2D eigenvalue weighted by molar-refractivity contribution is 0.0802. The third-order valence-electron chi connectivity index (χ3n) is 5.02. The summed E-state index contributed by atoms with van der Waals surface area (Å²) in [5.74, 6) is 0.608. The lowest BCUT2D eigenvalue weighted by Crippen LogP contribution is -2.37. The summed E-state index contributed by atoms with van der Waals surface area (Å²) in [6, 6.07) is 7.16. The fourth-order valence-electron chi connectivity index (χ4n) is 3.54. The Bertz CT molecular complexity index is 1070. The number of H-pyrrole nitrogens is 1. The molecule has 1 saturated heterocycles. The topological polar surface area (TPSA) is 128 Å². The van der Waals surface area contributed by atoms with Crippen molar-refractivity contribution in [3.8, 4) is 11.3 Å². The molecule has 4 rings (SSSR count). The third-order valence-corrected chi connectivity index (χ3v) is 5.02. The van der Waals surface area contributed by atoms with Crippen molar-refractivity contribution >= 4 is 28.7 Å². The molecular formula is C21H27N7O3. The molecule has 0 saturated carbocycles. The van der Waals surface area contributed by atoms with Gasteiger partial charge in [-0.3, -0.25) is 5.10 Å². The van der Waals surface area contributed by atoms with Crippen molar-refractivity contribution in [2.45, 2.75) is 25.9 Å². The number of nitrogens with zero attached hydrogens (tertiary/aromatic N) is 4. The lowest BCUT2D eigenvalue weighted by Gasteiger charge is -2.27. The number of ether oxygens (including phenoxy) is 1. The summed E-state index contributed by atoms with van der Waals surface area (Å²) in [6.45, 7) is 6.17. The van der Waals surface area contributed by atoms with Gasteiger partial charge in [-0.25, -0.2) is 9.78 Å². The Morgan fingerprint density at radius 1 is 1.23 bits per heavy atom. The van der Waals surface area contributed by atoms with Gasteiger partial charge in [0, 0.05) is 37.8 Å². The zero-order chi connectivity index (χ0) is 22.0. The fraction of sp³-hybridized carbons (Fsp3) is 0.429. The third kappa shape index (κ3) is 4.75. The van der Waals surface area contributed by atoms with Gasteiger partial charge in [-0.15, -0.1) is 0 Å². The van der Waals surface area contributed by atoms with Crippen LogP contribution in [0.3, 0.4) is 0 Å². The van der Waals surface area contributed by atoms with E-state index in [0.29, 0.717) is 55.7 Å². The Balaban J connectivity index is 1.79. The fourth-order valence-corrected chi connectivity index (χ4v) is 3.54. The molecule has 164 valence electrons. The Morgan fingerprint density at radius 3 is 2.58 bits per heavy atom. The number of hydrogen-bond acceptors (Lipinski definition) is 7. The molecule has 2 amide bonds. The van der Waals surface area contributed by atoms with Crippen LogP contribution in [-0.2, 0) is 11.2 Å². The Kier molecular flexibility index (Phi) is 5.75. The number of amides is 2. The minimum Gasteiger partial charge on any atom is -0.390 e. The van der Waals surface area contributed by atoms with Gasteiger partial charge in [0.2, 0.25) is 5.95 Å². The van der Waals surface area contributed by atoms with E-state index in [-0.39, 0.29) is 6.03 Å². The van der Waals surface area contributed by atoms with Gasteiger partial charge in [0.05, 0.1) is 35.6 Å². The predicted octanol–water partition coefficient (Wildman–Crippen LogP) is 1.92. The molecule has 0 unspecified atom stereocenters. The minimum absolute atomic E-state index is 0.283. The number of aromatic nitrogens is 4. The maximum atomic E-state index is 11.6. The summed E-state index contributed by atoms with van der Waals surface area (Å²) in [4.78, 5) is 23.2. The number of hydrogen-bond donors (Lipinski definition) is 4. The summed E-state index contributed by atoms with van der Waals surface area (Å²) >= 11 is 0. The van der Waals surface area contributed by atoms with Crippen LogP contribution in [-0.4, -0.2) is 70.3 Å². The standard InChI is InChI=1S/C21H27N7O3/c1-21(2,30)12-15-16-17(13-4-6-14(7-5-13)23-20(29)22-3)24-19(25-18(16)27-26-15)28-8-10-31-11-9-28/h4-7,30H,8-12H2,1-3H3,(H2,22,23,29)(H,24,25,26,27). The lowest BCUT2D eigenvalue weighted by atomic mass is 9.99. The highest BCUT2D eigenvalue weighted by molar-refractivity contribution is 5.94. The Labute approximate surface area is 180 Å². The molecule has 1 fully saturated rings. The summed E-state index contributed by atoms with van der Waals surface area (Å²) in [5.41, 5.74) is 2.67. The van der Waals surface area contributed by atoms with E-state index in [2.05, 4.69) is 25.7 Å². The van der Waals surface area contributed by atoms with Crippen LogP contribution < -0.4 is 15.5 Å². The molecule has 31 heavy (non-hydrogen) atoms. The number of morpholine rings is 1. The predicted molar refractivity (Wildman–Crippen MR) is 118 cm³/mol. The van der Waals surface area contributed by atoms with Gasteiger partial charge in [0.1, 0.15) is 0 Å². The minimum atomic E-state index is -0.927. The normalized spacial score (nSPS) is 14.6. The van der Waals surface area contributed by atoms with Crippen molar-refractivity contribution in [3.05, 3.63) is 30.0 Å². The van der Waals surface area contributed by atoms with Gasteiger partial charge >= 0.3 is 6.03 Å². The van der Waals surface area contributed by atoms with E-state index in [1.165, 1.54) is 0 Å². The number of aromatic amines is 1. The largest absolute Gasteiger partial charge is 0.390 e. The van der Waals surface area contributed by atoms with Crippen LogP contribution in [0, 0.1) is 0 Å². The molecule has 0 atom stereocenters. The van der Waals surface area contributed by atoms with E-state index < -0.39 is 5.60 Å². The number of fused-ring (bicyclic) bond motifs is 1. The quantitative estimate of drug-likeness (QED) is 0.492. The summed E-state index contributed by atoms with van der Waals surface area (Å²) in [5, 5.41) is 23.9. The molecule has 2 aromatic heterocycles. The molecule has 4 N–H and O–H groups in total. The van der Waals surface area contributed by atoms with Crippen molar-refractivity contribution in [3.63, 3.8) is 0 Å². The van der Waals surface area contributed by atoms with Gasteiger partial charge in [-0.1, -0.05) is 12.1 Å². The zero-order valence-corrected chi connectivity index (χ0v) is 17.9. The maximum Gasteiger partial charge on any atom is 0.318 e. The van der Waals surface area contributed by atoms with Crippen molar-refractivity contribution < 1.29 is 14.6 Å². The molecule has 1 aliphatic heterocycles. The summed E-state index contributed by atoms with van der Waals surface area (Å²) < 4.78 is 5.45. The van der Waals surface area contributed by atoms with E-state index >= 15 is 0 Å². The van der Waals surface area contributed by atoms with Crippen molar-refractivity contribution in [2.24, 2.45) is 0 Å². The van der Waals surface area contributed by atoms with Crippen LogP contribution in [0.1, 0.15) is 19.5 Å². The van der Waals surface area contributed by atoms with Gasteiger partial charge < -0.3 is 25.4 Å². The number of carbonyl (C=O) groups excluding carboxylic acids is 1. The molecule has 3 aromatic rings. The van der Waals surface area contributed by atoms with Crippen molar-refractivity contribution in [2.75, 3.05) is 43.6 Å². The number of urea groups is 1. The van der Waals surface area contributed by atoms with Crippen molar-refractivity contribution in [1.29, 1.82) is 0 Å². The second kappa shape index (κ2) is 8.48. The van der Waals surface area contributed by atoms with Crippen LogP contribution in [0.15, 0.2) is 24.3 Å². The number of benzene rings is 1. The van der Waals surface area contributed by atoms with Crippen LogP contribution in [0.2, 0.25) is 0 Å². The average molecular weight is 425 g/mol. The van der Waals surface area contributed by atoms with E-state index in [1.807, 2.05) is 24.3 Å². The van der Waals surface area contributed by atoms with Gasteiger partial charge in [0.15, 0.2) is 5.65 Å². The molecule has 0 bridgehead atoms. The number of carbonyl (C=O) groups is 1.